The number of aromatic nitrogens is 2. The highest BCUT2D eigenvalue weighted by Crippen LogP contribution is 2.18. The average Bonchev–Trinajstić information content (AvgIpc) is 3.21. The molecule has 7 nitrogen and oxygen atoms in total. The lowest BCUT2D eigenvalue weighted by Crippen LogP contribution is -2.31. The Bertz CT molecular complexity index is 1160. The average molecular weight is 402 g/mol. The van der Waals surface area contributed by atoms with Gasteiger partial charge in [0, 0.05) is 18.7 Å². The first kappa shape index (κ1) is 19.4. The van der Waals surface area contributed by atoms with E-state index in [2.05, 4.69) is 10.4 Å². The van der Waals surface area contributed by atoms with E-state index in [0.717, 1.165) is 10.5 Å². The smallest absolute Gasteiger partial charge is 0.303 e. The summed E-state index contributed by atoms with van der Waals surface area (Å²) < 4.78 is 1.45. The van der Waals surface area contributed by atoms with Crippen LogP contribution in [0.1, 0.15) is 30.2 Å². The fourth-order valence-corrected chi connectivity index (χ4v) is 3.48. The molecular formula is C23H22N4O3. The van der Waals surface area contributed by atoms with Gasteiger partial charge in [0.1, 0.15) is 5.70 Å². The molecule has 0 saturated carbocycles. The summed E-state index contributed by atoms with van der Waals surface area (Å²) in [5, 5.41) is 5.76. The number of imide groups is 1. The molecule has 0 unspecified atom stereocenters. The van der Waals surface area contributed by atoms with Crippen LogP contribution in [0.4, 0.5) is 4.79 Å². The quantitative estimate of drug-likeness (QED) is 0.491. The Labute approximate surface area is 173 Å². The topological polar surface area (TPSA) is 87.2 Å². The van der Waals surface area contributed by atoms with E-state index in [9.17, 15) is 14.4 Å². The van der Waals surface area contributed by atoms with Gasteiger partial charge in [-0.05, 0) is 30.2 Å². The number of nitrogens with zero attached hydrogens (tertiary/aromatic N) is 2. The summed E-state index contributed by atoms with van der Waals surface area (Å²) in [5.41, 5.74) is 2.56. The number of hydrogen-bond donors (Lipinski definition) is 2. The predicted octanol–water partition coefficient (Wildman–Crippen LogP) is 3.06. The van der Waals surface area contributed by atoms with Crippen molar-refractivity contribution in [1.29, 1.82) is 0 Å². The molecule has 0 radical (unpaired) electrons. The molecule has 30 heavy (non-hydrogen) atoms. The third kappa shape index (κ3) is 3.69. The van der Waals surface area contributed by atoms with Gasteiger partial charge in [-0.1, -0.05) is 55.5 Å². The van der Waals surface area contributed by atoms with Crippen LogP contribution in [0, 0.1) is 0 Å². The molecule has 3 aromatic rings. The van der Waals surface area contributed by atoms with E-state index < -0.39 is 11.9 Å². The maximum atomic E-state index is 13.2. The monoisotopic (exact) mass is 402 g/mol. The van der Waals surface area contributed by atoms with Gasteiger partial charge >= 0.3 is 6.03 Å². The summed E-state index contributed by atoms with van der Waals surface area (Å²) in [6.07, 6.45) is 2.62. The first-order valence-electron chi connectivity index (χ1n) is 9.86. The third-order valence-corrected chi connectivity index (χ3v) is 4.94. The lowest BCUT2D eigenvalue weighted by atomic mass is 10.1. The minimum absolute atomic E-state index is 0.110. The van der Waals surface area contributed by atoms with Crippen LogP contribution in [-0.2, 0) is 11.2 Å². The molecule has 2 N–H and O–H groups in total. The summed E-state index contributed by atoms with van der Waals surface area (Å²) in [6, 6.07) is 18.5. The Morgan fingerprint density at radius 1 is 0.933 bits per heavy atom. The number of H-pyrrole nitrogens is 1. The summed E-state index contributed by atoms with van der Waals surface area (Å²) in [6.45, 7) is 2.23. The van der Waals surface area contributed by atoms with Gasteiger partial charge in [0.15, 0.2) is 0 Å². The van der Waals surface area contributed by atoms with Crippen molar-refractivity contribution >= 4 is 18.0 Å². The summed E-state index contributed by atoms with van der Waals surface area (Å²) >= 11 is 0. The Morgan fingerprint density at radius 2 is 1.60 bits per heavy atom. The van der Waals surface area contributed by atoms with Crippen molar-refractivity contribution in [2.24, 2.45) is 0 Å². The van der Waals surface area contributed by atoms with E-state index in [1.54, 1.807) is 0 Å². The van der Waals surface area contributed by atoms with Crippen LogP contribution in [0.15, 0.2) is 71.2 Å². The zero-order valence-corrected chi connectivity index (χ0v) is 16.6. The highest BCUT2D eigenvalue weighted by atomic mass is 16.2. The Hall–Kier alpha value is -3.87. The normalized spacial score (nSPS) is 15.1. The standard InChI is InChI=1S/C23H22N4O3/c1-2-13-26-22(29)20(24-23(26)30)15-18-19(14-16-9-5-3-6-10-16)25-27(21(18)28)17-11-7-4-8-12-17/h3-12,15,25H,2,13-14H2,1H3,(H,24,30). The van der Waals surface area contributed by atoms with E-state index in [0.29, 0.717) is 36.3 Å². The van der Waals surface area contributed by atoms with Gasteiger partial charge in [-0.2, -0.15) is 0 Å². The number of carbonyl (C=O) groups excluding carboxylic acids is 2. The van der Waals surface area contributed by atoms with Crippen molar-refractivity contribution in [3.63, 3.8) is 0 Å². The van der Waals surface area contributed by atoms with E-state index >= 15 is 0 Å². The van der Waals surface area contributed by atoms with Gasteiger partial charge in [0.2, 0.25) is 0 Å². The third-order valence-electron chi connectivity index (χ3n) is 4.94. The van der Waals surface area contributed by atoms with Crippen molar-refractivity contribution in [1.82, 2.24) is 20.0 Å². The highest BCUT2D eigenvalue weighted by molar-refractivity contribution is 6.14. The summed E-state index contributed by atoms with van der Waals surface area (Å²) in [5.74, 6) is -0.417. The number of nitrogens with one attached hydrogen (secondary N) is 2. The molecule has 0 aliphatic carbocycles. The lowest BCUT2D eigenvalue weighted by Gasteiger charge is -2.08. The van der Waals surface area contributed by atoms with Crippen LogP contribution in [0.5, 0.6) is 0 Å². The largest absolute Gasteiger partial charge is 0.329 e. The molecular weight excluding hydrogens is 380 g/mol. The Morgan fingerprint density at radius 3 is 2.27 bits per heavy atom. The maximum Gasteiger partial charge on any atom is 0.329 e. The van der Waals surface area contributed by atoms with E-state index in [1.165, 1.54) is 10.8 Å². The molecule has 1 aliphatic rings. The number of para-hydroxylation sites is 1. The molecule has 0 spiro atoms. The fourth-order valence-electron chi connectivity index (χ4n) is 3.48. The fraction of sp³-hybridized carbons (Fsp3) is 0.174. The second-order valence-corrected chi connectivity index (χ2v) is 7.09. The van der Waals surface area contributed by atoms with E-state index in [-0.39, 0.29) is 11.3 Å². The van der Waals surface area contributed by atoms with Crippen molar-refractivity contribution < 1.29 is 9.59 Å². The van der Waals surface area contributed by atoms with Crippen LogP contribution in [0.2, 0.25) is 0 Å². The van der Waals surface area contributed by atoms with Crippen molar-refractivity contribution in [3.05, 3.63) is 93.5 Å². The van der Waals surface area contributed by atoms with Gasteiger partial charge in [-0.3, -0.25) is 19.6 Å². The Balaban J connectivity index is 1.80. The van der Waals surface area contributed by atoms with Gasteiger partial charge < -0.3 is 5.32 Å². The first-order valence-corrected chi connectivity index (χ1v) is 9.86. The second kappa shape index (κ2) is 8.24. The van der Waals surface area contributed by atoms with E-state index in [4.69, 9.17) is 0 Å². The predicted molar refractivity (Wildman–Crippen MR) is 114 cm³/mol. The lowest BCUT2D eigenvalue weighted by molar-refractivity contribution is -0.122. The molecule has 1 aromatic heterocycles. The van der Waals surface area contributed by atoms with Gasteiger partial charge in [-0.25, -0.2) is 9.48 Å². The molecule has 0 bridgehead atoms. The number of carbonyl (C=O) groups is 2. The van der Waals surface area contributed by atoms with Crippen molar-refractivity contribution in [2.75, 3.05) is 6.54 Å². The summed E-state index contributed by atoms with van der Waals surface area (Å²) in [7, 11) is 0. The van der Waals surface area contributed by atoms with Crippen molar-refractivity contribution in [2.45, 2.75) is 19.8 Å². The van der Waals surface area contributed by atoms with Crippen LogP contribution in [0.3, 0.4) is 0 Å². The molecule has 1 saturated heterocycles. The molecule has 4 rings (SSSR count). The van der Waals surface area contributed by atoms with Gasteiger partial charge in [-0.15, -0.1) is 0 Å². The van der Waals surface area contributed by atoms with E-state index in [1.807, 2.05) is 67.6 Å². The van der Waals surface area contributed by atoms with Crippen LogP contribution in [0.25, 0.3) is 11.8 Å². The number of rotatable bonds is 6. The maximum absolute atomic E-state index is 13.2. The highest BCUT2D eigenvalue weighted by Gasteiger charge is 2.33. The van der Waals surface area contributed by atoms with Crippen molar-refractivity contribution in [3.8, 4) is 5.69 Å². The van der Waals surface area contributed by atoms with Gasteiger partial charge in [0.25, 0.3) is 11.5 Å². The SMILES string of the molecule is CCCN1C(=O)NC(=Cc2c(Cc3ccccc3)[nH]n(-c3ccccc3)c2=O)C1=O. The number of amides is 3. The minimum Gasteiger partial charge on any atom is -0.303 e. The summed E-state index contributed by atoms with van der Waals surface area (Å²) in [4.78, 5) is 39.1. The number of hydrogen-bond acceptors (Lipinski definition) is 3. The zero-order valence-electron chi connectivity index (χ0n) is 16.6. The first-order chi connectivity index (χ1) is 14.6. The van der Waals surface area contributed by atoms with Crippen LogP contribution < -0.4 is 10.9 Å². The van der Waals surface area contributed by atoms with Crippen LogP contribution >= 0.6 is 0 Å². The molecule has 1 fully saturated rings. The molecule has 7 heteroatoms. The minimum atomic E-state index is -0.461. The Kier molecular flexibility index (Phi) is 5.34. The number of aromatic amines is 1. The van der Waals surface area contributed by atoms with Gasteiger partial charge in [0.05, 0.1) is 11.3 Å². The molecule has 2 heterocycles. The molecule has 3 amide bonds. The second-order valence-electron chi connectivity index (χ2n) is 7.09. The van der Waals surface area contributed by atoms with Crippen LogP contribution in [-0.4, -0.2) is 33.2 Å². The zero-order chi connectivity index (χ0) is 21.1. The number of urea groups is 1. The molecule has 152 valence electrons. The molecule has 1 aliphatic heterocycles. The molecule has 0 atom stereocenters. The molecule has 2 aromatic carbocycles. The number of benzene rings is 2.